The Labute approximate surface area is 70.9 Å². The van der Waals surface area contributed by atoms with Gasteiger partial charge in [-0.15, -0.1) is 0 Å². The summed E-state index contributed by atoms with van der Waals surface area (Å²) in [5, 5.41) is 11.8. The van der Waals surface area contributed by atoms with Crippen molar-refractivity contribution in [2.24, 2.45) is 5.41 Å². The van der Waals surface area contributed by atoms with Crippen LogP contribution in [-0.2, 0) is 9.53 Å². The molecule has 0 radical (unpaired) electrons. The molecule has 2 saturated heterocycles. The molecule has 68 valence electrons. The van der Waals surface area contributed by atoms with Crippen LogP contribution in [-0.4, -0.2) is 36.9 Å². The van der Waals surface area contributed by atoms with E-state index in [0.717, 1.165) is 6.42 Å². The van der Waals surface area contributed by atoms with Crippen LogP contribution in [0.1, 0.15) is 12.8 Å². The first kappa shape index (κ1) is 8.01. The van der Waals surface area contributed by atoms with Crippen LogP contribution in [0.25, 0.3) is 0 Å². The van der Waals surface area contributed by atoms with Crippen molar-refractivity contribution in [2.75, 3.05) is 19.8 Å². The van der Waals surface area contributed by atoms with Crippen molar-refractivity contribution in [1.29, 1.82) is 0 Å². The van der Waals surface area contributed by atoms with E-state index in [-0.39, 0.29) is 24.0 Å². The number of ether oxygens (including phenoxy) is 1. The zero-order chi connectivity index (χ0) is 8.60. The van der Waals surface area contributed by atoms with Crippen LogP contribution in [0.5, 0.6) is 0 Å². The van der Waals surface area contributed by atoms with Gasteiger partial charge in [0.15, 0.2) is 0 Å². The lowest BCUT2D eigenvalue weighted by Gasteiger charge is -2.25. The second kappa shape index (κ2) is 2.71. The summed E-state index contributed by atoms with van der Waals surface area (Å²) in [7, 11) is 0. The maximum absolute atomic E-state index is 11.1. The van der Waals surface area contributed by atoms with Gasteiger partial charge in [-0.1, -0.05) is 0 Å². The Kier molecular flexibility index (Phi) is 1.81. The van der Waals surface area contributed by atoms with Gasteiger partial charge in [-0.05, 0) is 6.42 Å². The predicted octanol–water partition coefficient (Wildman–Crippen LogP) is -0.726. The molecule has 2 fully saturated rings. The van der Waals surface area contributed by atoms with E-state index in [1.165, 1.54) is 0 Å². The molecular formula is C8H13NO3. The van der Waals surface area contributed by atoms with Crippen LogP contribution in [0.2, 0.25) is 0 Å². The highest BCUT2D eigenvalue weighted by atomic mass is 16.5. The number of carbonyl (C=O) groups is 1. The highest BCUT2D eigenvalue weighted by Gasteiger charge is 2.48. The average molecular weight is 171 g/mol. The Bertz CT molecular complexity index is 198. The standard InChI is InChI=1S/C8H13NO3/c10-4-6-8(1-2-12-5-8)3-7(11)9-6/h6,10H,1-5H2,(H,9,11). The number of hydrogen-bond donors (Lipinski definition) is 2. The Hall–Kier alpha value is -0.610. The van der Waals surface area contributed by atoms with Crippen LogP contribution in [0.3, 0.4) is 0 Å². The van der Waals surface area contributed by atoms with E-state index in [2.05, 4.69) is 5.32 Å². The molecule has 2 aliphatic heterocycles. The lowest BCUT2D eigenvalue weighted by Crippen LogP contribution is -2.40. The molecule has 0 aromatic rings. The first-order chi connectivity index (χ1) is 5.77. The van der Waals surface area contributed by atoms with Gasteiger partial charge in [0.05, 0.1) is 19.3 Å². The molecule has 1 spiro atoms. The quantitative estimate of drug-likeness (QED) is 0.547. The van der Waals surface area contributed by atoms with E-state index in [0.29, 0.717) is 19.6 Å². The van der Waals surface area contributed by atoms with Gasteiger partial charge >= 0.3 is 0 Å². The number of rotatable bonds is 1. The summed E-state index contributed by atoms with van der Waals surface area (Å²) in [6.45, 7) is 1.34. The van der Waals surface area contributed by atoms with Crippen molar-refractivity contribution >= 4 is 5.91 Å². The molecule has 0 saturated carbocycles. The smallest absolute Gasteiger partial charge is 0.221 e. The lowest BCUT2D eigenvalue weighted by atomic mass is 9.80. The van der Waals surface area contributed by atoms with Gasteiger partial charge in [0.2, 0.25) is 5.91 Å². The fourth-order valence-electron chi connectivity index (χ4n) is 2.12. The Morgan fingerprint density at radius 1 is 1.75 bits per heavy atom. The van der Waals surface area contributed by atoms with Crippen LogP contribution in [0.15, 0.2) is 0 Å². The van der Waals surface area contributed by atoms with Crippen molar-refractivity contribution in [1.82, 2.24) is 5.32 Å². The van der Waals surface area contributed by atoms with E-state index in [1.807, 2.05) is 0 Å². The zero-order valence-electron chi connectivity index (χ0n) is 6.88. The SMILES string of the molecule is O=C1CC2(CCOC2)C(CO)N1. The van der Waals surface area contributed by atoms with Crippen LogP contribution in [0.4, 0.5) is 0 Å². The van der Waals surface area contributed by atoms with Crippen molar-refractivity contribution in [3.05, 3.63) is 0 Å². The molecule has 2 N–H and O–H groups in total. The first-order valence-electron chi connectivity index (χ1n) is 4.25. The van der Waals surface area contributed by atoms with Gasteiger partial charge in [0, 0.05) is 18.4 Å². The largest absolute Gasteiger partial charge is 0.394 e. The van der Waals surface area contributed by atoms with Gasteiger partial charge in [0.25, 0.3) is 0 Å². The molecule has 4 heteroatoms. The molecule has 0 aliphatic carbocycles. The van der Waals surface area contributed by atoms with E-state index in [1.54, 1.807) is 0 Å². The molecule has 2 aliphatic rings. The van der Waals surface area contributed by atoms with E-state index < -0.39 is 0 Å². The molecule has 2 rings (SSSR count). The molecule has 0 aromatic carbocycles. The molecule has 0 bridgehead atoms. The maximum atomic E-state index is 11.1. The molecule has 2 unspecified atom stereocenters. The van der Waals surface area contributed by atoms with Gasteiger partial charge in [-0.3, -0.25) is 4.79 Å². The average Bonchev–Trinajstić information content (AvgIpc) is 2.60. The number of hydrogen-bond acceptors (Lipinski definition) is 3. The summed E-state index contributed by atoms with van der Waals surface area (Å²) >= 11 is 0. The fourth-order valence-corrected chi connectivity index (χ4v) is 2.12. The van der Waals surface area contributed by atoms with E-state index >= 15 is 0 Å². The first-order valence-corrected chi connectivity index (χ1v) is 4.25. The predicted molar refractivity (Wildman–Crippen MR) is 41.5 cm³/mol. The summed E-state index contributed by atoms with van der Waals surface area (Å²) in [6, 6.07) is -0.0903. The zero-order valence-corrected chi connectivity index (χ0v) is 6.88. The van der Waals surface area contributed by atoms with Gasteiger partial charge in [-0.2, -0.15) is 0 Å². The molecule has 4 nitrogen and oxygen atoms in total. The van der Waals surface area contributed by atoms with Gasteiger partial charge in [0.1, 0.15) is 0 Å². The Balaban J connectivity index is 2.16. The topological polar surface area (TPSA) is 58.6 Å². The van der Waals surface area contributed by atoms with Crippen LogP contribution in [0, 0.1) is 5.41 Å². The van der Waals surface area contributed by atoms with Crippen molar-refractivity contribution in [3.8, 4) is 0 Å². The number of aliphatic hydroxyl groups is 1. The van der Waals surface area contributed by atoms with Crippen molar-refractivity contribution in [2.45, 2.75) is 18.9 Å². The Morgan fingerprint density at radius 2 is 2.58 bits per heavy atom. The third-order valence-electron chi connectivity index (χ3n) is 2.90. The highest BCUT2D eigenvalue weighted by molar-refractivity contribution is 5.80. The molecule has 1 amide bonds. The second-order valence-corrected chi connectivity index (χ2v) is 3.64. The number of aliphatic hydroxyl groups excluding tert-OH is 1. The summed E-state index contributed by atoms with van der Waals surface area (Å²) in [5.74, 6) is 0.0413. The van der Waals surface area contributed by atoms with Crippen LogP contribution < -0.4 is 5.32 Å². The minimum absolute atomic E-state index is 0.0229. The van der Waals surface area contributed by atoms with Gasteiger partial charge < -0.3 is 15.2 Å². The summed E-state index contributed by atoms with van der Waals surface area (Å²) in [5.41, 5.74) is -0.105. The third-order valence-corrected chi connectivity index (χ3v) is 2.90. The normalized spacial score (nSPS) is 40.8. The summed E-state index contributed by atoms with van der Waals surface area (Å²) in [6.07, 6.45) is 1.40. The minimum Gasteiger partial charge on any atom is -0.394 e. The molecular weight excluding hydrogens is 158 g/mol. The molecule has 0 aromatic heterocycles. The number of amides is 1. The third kappa shape index (κ3) is 1.03. The molecule has 2 atom stereocenters. The van der Waals surface area contributed by atoms with E-state index in [9.17, 15) is 4.79 Å². The minimum atomic E-state index is -0.105. The summed E-state index contributed by atoms with van der Waals surface area (Å²) < 4.78 is 5.26. The number of nitrogens with one attached hydrogen (secondary N) is 1. The summed E-state index contributed by atoms with van der Waals surface area (Å²) in [4.78, 5) is 11.1. The van der Waals surface area contributed by atoms with Crippen molar-refractivity contribution < 1.29 is 14.6 Å². The number of carbonyl (C=O) groups excluding carboxylic acids is 1. The molecule has 12 heavy (non-hydrogen) atoms. The monoisotopic (exact) mass is 171 g/mol. The Morgan fingerprint density at radius 3 is 3.17 bits per heavy atom. The fraction of sp³-hybridized carbons (Fsp3) is 0.875. The second-order valence-electron chi connectivity index (χ2n) is 3.64. The van der Waals surface area contributed by atoms with Crippen molar-refractivity contribution in [3.63, 3.8) is 0 Å². The van der Waals surface area contributed by atoms with Gasteiger partial charge in [-0.25, -0.2) is 0 Å². The maximum Gasteiger partial charge on any atom is 0.221 e. The van der Waals surface area contributed by atoms with Crippen LogP contribution >= 0.6 is 0 Å². The highest BCUT2D eigenvalue weighted by Crippen LogP contribution is 2.39. The van der Waals surface area contributed by atoms with E-state index in [4.69, 9.17) is 9.84 Å². The lowest BCUT2D eigenvalue weighted by molar-refractivity contribution is -0.119. The molecule has 2 heterocycles.